The van der Waals surface area contributed by atoms with Crippen LogP contribution in [0.1, 0.15) is 95.0 Å². The molecular formula is C29H41F3O. The fraction of sp³-hybridized carbons (Fsp3) is 0.552. The first-order valence-corrected chi connectivity index (χ1v) is 12.1. The average molecular weight is 463 g/mol. The van der Waals surface area contributed by atoms with Crippen molar-refractivity contribution < 1.29 is 18.0 Å². The van der Waals surface area contributed by atoms with Gasteiger partial charge in [-0.15, -0.1) is 0 Å². The minimum absolute atomic E-state index is 0.152. The lowest BCUT2D eigenvalue weighted by molar-refractivity contribution is -0.146. The molecule has 1 nitrogen and oxygen atoms in total. The van der Waals surface area contributed by atoms with Crippen LogP contribution in [0.2, 0.25) is 0 Å². The first kappa shape index (κ1) is 28.9. The van der Waals surface area contributed by atoms with E-state index in [0.717, 1.165) is 24.7 Å². The fourth-order valence-electron chi connectivity index (χ4n) is 3.60. The molecule has 2 aliphatic carbocycles. The second-order valence-electron chi connectivity index (χ2n) is 9.46. The molecule has 0 N–H and O–H groups in total. The van der Waals surface area contributed by atoms with Crippen LogP contribution in [-0.2, 0) is 0 Å². The van der Waals surface area contributed by atoms with E-state index in [1.165, 1.54) is 75.3 Å². The summed E-state index contributed by atoms with van der Waals surface area (Å²) in [6.07, 6.45) is 12.6. The molecule has 0 aliphatic heterocycles. The lowest BCUT2D eigenvalue weighted by Gasteiger charge is -2.27. The third-order valence-electron chi connectivity index (χ3n) is 6.42. The number of Topliss-reactive ketones (excluding diaryl/α,β-unsaturated/α-hetero) is 1. The summed E-state index contributed by atoms with van der Waals surface area (Å²) >= 11 is 0. The van der Waals surface area contributed by atoms with Crippen molar-refractivity contribution in [1.82, 2.24) is 0 Å². The number of carbonyl (C=O) groups excluding carboxylic acids is 1. The van der Waals surface area contributed by atoms with Crippen molar-refractivity contribution in [3.63, 3.8) is 0 Å². The maximum atomic E-state index is 12.3. The van der Waals surface area contributed by atoms with Crippen LogP contribution in [0.5, 0.6) is 0 Å². The predicted molar refractivity (Wildman–Crippen MR) is 134 cm³/mol. The van der Waals surface area contributed by atoms with E-state index in [1.54, 1.807) is 0 Å². The summed E-state index contributed by atoms with van der Waals surface area (Å²) < 4.78 is 37.0. The Labute approximate surface area is 198 Å². The van der Waals surface area contributed by atoms with Crippen molar-refractivity contribution in [1.29, 1.82) is 0 Å². The summed E-state index contributed by atoms with van der Waals surface area (Å²) in [5.41, 5.74) is 2.09. The van der Waals surface area contributed by atoms with E-state index in [9.17, 15) is 18.0 Å². The van der Waals surface area contributed by atoms with Crippen LogP contribution in [0.15, 0.2) is 60.7 Å². The Bertz CT molecular complexity index is 774. The van der Waals surface area contributed by atoms with Gasteiger partial charge in [0.25, 0.3) is 0 Å². The summed E-state index contributed by atoms with van der Waals surface area (Å²) in [6, 6.07) is 5.52. The third kappa shape index (κ3) is 11.5. The van der Waals surface area contributed by atoms with Gasteiger partial charge in [-0.05, 0) is 62.5 Å². The molecule has 1 aromatic carbocycles. The molecule has 1 unspecified atom stereocenters. The van der Waals surface area contributed by atoms with Gasteiger partial charge in [0.2, 0.25) is 0 Å². The van der Waals surface area contributed by atoms with Gasteiger partial charge in [-0.3, -0.25) is 4.79 Å². The molecule has 0 saturated heterocycles. The van der Waals surface area contributed by atoms with Gasteiger partial charge in [0, 0.05) is 5.56 Å². The van der Waals surface area contributed by atoms with Gasteiger partial charge < -0.3 is 0 Å². The zero-order valence-electron chi connectivity index (χ0n) is 20.9. The number of benzene rings is 1. The van der Waals surface area contributed by atoms with E-state index in [-0.39, 0.29) is 11.3 Å². The molecule has 0 amide bonds. The molecule has 4 heteroatoms. The average Bonchev–Trinajstić information content (AvgIpc) is 3.57. The Morgan fingerprint density at radius 2 is 1.48 bits per heavy atom. The number of rotatable bonds is 5. The quantitative estimate of drug-likeness (QED) is 0.314. The molecule has 3 rings (SSSR count). The van der Waals surface area contributed by atoms with Crippen LogP contribution in [0.25, 0.3) is 0 Å². The van der Waals surface area contributed by atoms with Gasteiger partial charge in [-0.2, -0.15) is 13.2 Å². The summed E-state index contributed by atoms with van der Waals surface area (Å²) in [5.74, 6) is 1.17. The van der Waals surface area contributed by atoms with Crippen molar-refractivity contribution in [3.8, 4) is 0 Å². The molecule has 0 heterocycles. The molecule has 33 heavy (non-hydrogen) atoms. The SMILES string of the molecule is C=C/C=C\C(=C/C)C1CCC(C)CC1.CC(=O)c1ccc(C(C)C(F)(F)F)cc1.CC1CC1. The molecule has 1 atom stereocenters. The predicted octanol–water partition coefficient (Wildman–Crippen LogP) is 9.47. The summed E-state index contributed by atoms with van der Waals surface area (Å²) in [4.78, 5) is 10.9. The van der Waals surface area contributed by atoms with Gasteiger partial charge >= 0.3 is 6.18 Å². The van der Waals surface area contributed by atoms with Crippen molar-refractivity contribution in [2.75, 3.05) is 0 Å². The van der Waals surface area contributed by atoms with Crippen molar-refractivity contribution in [2.24, 2.45) is 17.8 Å². The second kappa shape index (κ2) is 14.2. The molecule has 0 bridgehead atoms. The summed E-state index contributed by atoms with van der Waals surface area (Å²) in [5, 5.41) is 0. The van der Waals surface area contributed by atoms with E-state index < -0.39 is 12.1 Å². The molecule has 0 aromatic heterocycles. The standard InChI is InChI=1S/C14H22.C11H11F3O.C4H8/c1-4-6-7-13(5-2)14-10-8-12(3)9-11-14;1-7(11(12,13)14)9-3-5-10(6-4-9)8(2)15;1-4-2-3-4/h4-7,12,14H,1,8-11H2,2-3H3;3-7H,1-2H3;4H,2-3H2,1H3/b7-6-,13-5+;;. The minimum atomic E-state index is -4.24. The zero-order valence-corrected chi connectivity index (χ0v) is 20.9. The van der Waals surface area contributed by atoms with Gasteiger partial charge in [-0.1, -0.05) is 94.7 Å². The number of ketones is 1. The Morgan fingerprint density at radius 3 is 1.85 bits per heavy atom. The molecule has 0 radical (unpaired) electrons. The maximum absolute atomic E-state index is 12.3. The van der Waals surface area contributed by atoms with Crippen molar-refractivity contribution in [3.05, 3.63) is 71.8 Å². The number of halogens is 3. The number of hydrogen-bond acceptors (Lipinski definition) is 1. The van der Waals surface area contributed by atoms with E-state index in [0.29, 0.717) is 5.56 Å². The van der Waals surface area contributed by atoms with E-state index in [2.05, 4.69) is 39.5 Å². The van der Waals surface area contributed by atoms with Crippen LogP contribution < -0.4 is 0 Å². The monoisotopic (exact) mass is 462 g/mol. The largest absolute Gasteiger partial charge is 0.395 e. The number of alkyl halides is 3. The molecule has 2 fully saturated rings. The highest BCUT2D eigenvalue weighted by Gasteiger charge is 2.36. The smallest absolute Gasteiger partial charge is 0.295 e. The highest BCUT2D eigenvalue weighted by Crippen LogP contribution is 2.34. The number of carbonyl (C=O) groups is 1. The Morgan fingerprint density at radius 1 is 1.00 bits per heavy atom. The third-order valence-corrected chi connectivity index (χ3v) is 6.42. The second-order valence-corrected chi connectivity index (χ2v) is 9.46. The van der Waals surface area contributed by atoms with Crippen LogP contribution in [0, 0.1) is 17.8 Å². The minimum Gasteiger partial charge on any atom is -0.295 e. The highest BCUT2D eigenvalue weighted by atomic mass is 19.4. The van der Waals surface area contributed by atoms with Gasteiger partial charge in [0.05, 0.1) is 5.92 Å². The van der Waals surface area contributed by atoms with Gasteiger partial charge in [0.1, 0.15) is 0 Å². The fourth-order valence-corrected chi connectivity index (χ4v) is 3.60. The summed E-state index contributed by atoms with van der Waals surface area (Å²) in [7, 11) is 0. The Hall–Kier alpha value is -2.10. The van der Waals surface area contributed by atoms with Crippen LogP contribution in [0.3, 0.4) is 0 Å². The Kier molecular flexibility index (Phi) is 12.5. The number of allylic oxidation sites excluding steroid dienone is 5. The molecule has 2 aliphatic rings. The molecule has 1 aromatic rings. The molecule has 2 saturated carbocycles. The van der Waals surface area contributed by atoms with Crippen LogP contribution in [0.4, 0.5) is 13.2 Å². The first-order chi connectivity index (χ1) is 15.5. The first-order valence-electron chi connectivity index (χ1n) is 12.1. The van der Waals surface area contributed by atoms with Gasteiger partial charge in [-0.25, -0.2) is 0 Å². The van der Waals surface area contributed by atoms with Crippen LogP contribution >= 0.6 is 0 Å². The lowest BCUT2D eigenvalue weighted by atomic mass is 9.79. The van der Waals surface area contributed by atoms with Crippen molar-refractivity contribution >= 4 is 5.78 Å². The van der Waals surface area contributed by atoms with E-state index in [4.69, 9.17) is 0 Å². The molecule has 0 spiro atoms. The zero-order chi connectivity index (χ0) is 25.0. The summed E-state index contributed by atoms with van der Waals surface area (Å²) in [6.45, 7) is 13.0. The van der Waals surface area contributed by atoms with Gasteiger partial charge in [0.15, 0.2) is 5.78 Å². The molecular weight excluding hydrogens is 421 g/mol. The lowest BCUT2D eigenvalue weighted by Crippen LogP contribution is -2.17. The van der Waals surface area contributed by atoms with Crippen LogP contribution in [-0.4, -0.2) is 12.0 Å². The topological polar surface area (TPSA) is 17.1 Å². The van der Waals surface area contributed by atoms with Crippen molar-refractivity contribution in [2.45, 2.75) is 85.2 Å². The number of hydrogen-bond donors (Lipinski definition) is 0. The highest BCUT2D eigenvalue weighted by molar-refractivity contribution is 5.94. The Balaban J connectivity index is 0.000000282. The normalized spacial score (nSPS) is 21.9. The van der Waals surface area contributed by atoms with E-state index in [1.807, 2.05) is 12.2 Å². The van der Waals surface area contributed by atoms with E-state index >= 15 is 0 Å². The molecule has 184 valence electrons. The maximum Gasteiger partial charge on any atom is 0.395 e.